The molecule has 2 rings (SSSR count). The molecular weight excluding hydrogens is 444 g/mol. The summed E-state index contributed by atoms with van der Waals surface area (Å²) in [6.45, 7) is 7.09. The lowest BCUT2D eigenvalue weighted by molar-refractivity contribution is 0.140. The smallest absolute Gasteiger partial charge is 0.203 e. The molecule has 0 aliphatic heterocycles. The Labute approximate surface area is 210 Å². The van der Waals surface area contributed by atoms with Gasteiger partial charge in [-0.2, -0.15) is 5.26 Å². The first-order valence-electron chi connectivity index (χ1n) is 11.9. The van der Waals surface area contributed by atoms with Gasteiger partial charge in [-0.1, -0.05) is 26.8 Å². The Morgan fingerprint density at radius 3 is 1.86 bits per heavy atom. The van der Waals surface area contributed by atoms with Crippen LogP contribution in [0, 0.1) is 17.2 Å². The van der Waals surface area contributed by atoms with E-state index in [4.69, 9.17) is 23.7 Å². The maximum Gasteiger partial charge on any atom is 0.203 e. The number of hydrogen-bond acceptors (Lipinski definition) is 7. The van der Waals surface area contributed by atoms with Gasteiger partial charge < -0.3 is 28.6 Å². The second-order valence-corrected chi connectivity index (χ2v) is 8.89. The average Bonchev–Trinajstić information content (AvgIpc) is 2.88. The van der Waals surface area contributed by atoms with E-state index in [-0.39, 0.29) is 12.0 Å². The molecule has 7 nitrogen and oxygen atoms in total. The van der Waals surface area contributed by atoms with E-state index in [1.54, 1.807) is 35.5 Å². The molecule has 0 radical (unpaired) electrons. The molecule has 192 valence electrons. The van der Waals surface area contributed by atoms with Gasteiger partial charge in [-0.3, -0.25) is 0 Å². The minimum Gasteiger partial charge on any atom is -0.493 e. The zero-order valence-corrected chi connectivity index (χ0v) is 22.6. The van der Waals surface area contributed by atoms with Gasteiger partial charge in [0, 0.05) is 12.6 Å². The van der Waals surface area contributed by atoms with Crippen LogP contribution in [0.1, 0.15) is 38.3 Å². The number of methoxy groups -OCH3 is 5. The summed E-state index contributed by atoms with van der Waals surface area (Å²) in [5.74, 6) is 3.07. The highest BCUT2D eigenvalue weighted by atomic mass is 16.5. The number of benzene rings is 2. The molecule has 35 heavy (non-hydrogen) atoms. The molecule has 0 aliphatic carbocycles. The highest BCUT2D eigenvalue weighted by Crippen LogP contribution is 2.46. The van der Waals surface area contributed by atoms with Gasteiger partial charge in [-0.25, -0.2) is 0 Å². The van der Waals surface area contributed by atoms with E-state index in [1.807, 2.05) is 24.3 Å². The second kappa shape index (κ2) is 12.6. The fraction of sp³-hybridized carbons (Fsp3) is 0.536. The van der Waals surface area contributed by atoms with Crippen LogP contribution in [-0.4, -0.2) is 60.1 Å². The van der Waals surface area contributed by atoms with Gasteiger partial charge in [-0.15, -0.1) is 0 Å². The van der Waals surface area contributed by atoms with Crippen LogP contribution in [0.4, 0.5) is 0 Å². The predicted molar refractivity (Wildman–Crippen MR) is 138 cm³/mol. The van der Waals surface area contributed by atoms with E-state index in [9.17, 15) is 5.26 Å². The molecule has 0 aliphatic rings. The second-order valence-electron chi connectivity index (χ2n) is 8.89. The van der Waals surface area contributed by atoms with E-state index in [0.29, 0.717) is 28.7 Å². The number of hydrogen-bond donors (Lipinski definition) is 0. The lowest BCUT2D eigenvalue weighted by atomic mass is 9.66. The van der Waals surface area contributed by atoms with Crippen LogP contribution < -0.4 is 23.7 Å². The summed E-state index contributed by atoms with van der Waals surface area (Å²) in [5, 5.41) is 10.7. The molecule has 2 atom stereocenters. The Balaban J connectivity index is 2.47. The third kappa shape index (κ3) is 5.59. The minimum atomic E-state index is -0.798. The third-order valence-corrected chi connectivity index (χ3v) is 6.88. The minimum absolute atomic E-state index is 0.0313. The van der Waals surface area contributed by atoms with E-state index < -0.39 is 5.41 Å². The lowest BCUT2D eigenvalue weighted by Gasteiger charge is -2.43. The summed E-state index contributed by atoms with van der Waals surface area (Å²) in [4.78, 5) is 2.28. The van der Waals surface area contributed by atoms with Crippen molar-refractivity contribution in [1.29, 1.82) is 5.26 Å². The first-order valence-corrected chi connectivity index (χ1v) is 11.9. The first kappa shape index (κ1) is 28.1. The highest BCUT2D eigenvalue weighted by Gasteiger charge is 2.45. The van der Waals surface area contributed by atoms with E-state index >= 15 is 0 Å². The van der Waals surface area contributed by atoms with Crippen molar-refractivity contribution in [3.8, 4) is 34.8 Å². The Hall–Kier alpha value is -3.11. The summed E-state index contributed by atoms with van der Waals surface area (Å²) in [6.07, 6.45) is 1.60. The Morgan fingerprint density at radius 2 is 1.43 bits per heavy atom. The van der Waals surface area contributed by atoms with Crippen LogP contribution >= 0.6 is 0 Å². The van der Waals surface area contributed by atoms with Gasteiger partial charge in [0.15, 0.2) is 23.0 Å². The molecule has 0 aromatic heterocycles. The fourth-order valence-corrected chi connectivity index (χ4v) is 4.98. The van der Waals surface area contributed by atoms with Crippen molar-refractivity contribution in [3.63, 3.8) is 0 Å². The van der Waals surface area contributed by atoms with Gasteiger partial charge in [0.1, 0.15) is 5.41 Å². The van der Waals surface area contributed by atoms with Crippen molar-refractivity contribution in [2.45, 2.75) is 45.1 Å². The molecule has 0 bridgehead atoms. The molecule has 7 heteroatoms. The Morgan fingerprint density at radius 1 is 0.857 bits per heavy atom. The molecule has 0 heterocycles. The summed E-state index contributed by atoms with van der Waals surface area (Å²) in [6, 6.07) is 12.5. The molecule has 2 aromatic rings. The number of ether oxygens (including phenoxy) is 5. The summed E-state index contributed by atoms with van der Waals surface area (Å²) in [7, 11) is 10.1. The van der Waals surface area contributed by atoms with E-state index in [2.05, 4.69) is 44.9 Å². The number of nitriles is 1. The topological polar surface area (TPSA) is 73.2 Å². The lowest BCUT2D eigenvalue weighted by Crippen LogP contribution is -2.52. The molecule has 0 N–H and O–H groups in total. The van der Waals surface area contributed by atoms with Crippen LogP contribution in [0.5, 0.6) is 28.7 Å². The summed E-state index contributed by atoms with van der Waals surface area (Å²) in [5.41, 5.74) is 1.20. The van der Waals surface area contributed by atoms with Crippen molar-refractivity contribution in [3.05, 3.63) is 41.5 Å². The highest BCUT2D eigenvalue weighted by molar-refractivity contribution is 5.57. The Bertz CT molecular complexity index is 992. The van der Waals surface area contributed by atoms with Crippen molar-refractivity contribution in [2.24, 2.45) is 5.92 Å². The van der Waals surface area contributed by atoms with Crippen molar-refractivity contribution in [2.75, 3.05) is 49.1 Å². The maximum atomic E-state index is 10.7. The monoisotopic (exact) mass is 484 g/mol. The molecule has 2 unspecified atom stereocenters. The molecule has 0 spiro atoms. The number of likely N-dealkylation sites (N-methyl/N-ethyl adjacent to an activating group) is 1. The summed E-state index contributed by atoms with van der Waals surface area (Å²) >= 11 is 0. The van der Waals surface area contributed by atoms with Crippen LogP contribution in [0.2, 0.25) is 0 Å². The molecule has 0 saturated heterocycles. The zero-order valence-electron chi connectivity index (χ0n) is 22.6. The van der Waals surface area contributed by atoms with Crippen molar-refractivity contribution < 1.29 is 23.7 Å². The van der Waals surface area contributed by atoms with Crippen LogP contribution in [0.3, 0.4) is 0 Å². The van der Waals surface area contributed by atoms with Gasteiger partial charge in [0.2, 0.25) is 5.75 Å². The number of rotatable bonds is 13. The zero-order chi connectivity index (χ0) is 26.2. The average molecular weight is 485 g/mol. The third-order valence-electron chi connectivity index (χ3n) is 6.88. The molecular formula is C28H40N2O5. The van der Waals surface area contributed by atoms with Crippen LogP contribution in [0.25, 0.3) is 0 Å². The maximum absolute atomic E-state index is 10.7. The molecule has 2 aromatic carbocycles. The SMILES string of the molecule is CCC(N(C)CCc1ccc(OC)c(OC)c1)C(C#N)(c1cc(OC)c(OC)c(OC)c1)C(C)C. The van der Waals surface area contributed by atoms with Crippen molar-refractivity contribution in [1.82, 2.24) is 4.90 Å². The number of nitrogens with zero attached hydrogens (tertiary/aromatic N) is 2. The molecule has 0 amide bonds. The quantitative estimate of drug-likeness (QED) is 0.392. The Kier molecular flexibility index (Phi) is 10.1. The standard InChI is InChI=1S/C28H40N2O5/c1-10-26(30(4)14-13-20-11-12-22(31-5)23(15-20)32-6)28(18-29,19(2)3)21-16-24(33-7)27(35-9)25(17-21)34-8/h11-12,15-17,19,26H,10,13-14H2,1-9H3. The summed E-state index contributed by atoms with van der Waals surface area (Å²) < 4.78 is 27.6. The fourth-order valence-electron chi connectivity index (χ4n) is 4.98. The largest absolute Gasteiger partial charge is 0.493 e. The molecule has 0 saturated carbocycles. The van der Waals surface area contributed by atoms with E-state index in [1.165, 1.54) is 0 Å². The normalized spacial score (nSPS) is 13.7. The molecule has 0 fully saturated rings. The van der Waals surface area contributed by atoms with Crippen LogP contribution in [-0.2, 0) is 11.8 Å². The van der Waals surface area contributed by atoms with Gasteiger partial charge in [0.25, 0.3) is 0 Å². The van der Waals surface area contributed by atoms with Gasteiger partial charge >= 0.3 is 0 Å². The van der Waals surface area contributed by atoms with E-state index in [0.717, 1.165) is 30.5 Å². The van der Waals surface area contributed by atoms with Crippen LogP contribution in [0.15, 0.2) is 30.3 Å². The van der Waals surface area contributed by atoms with Gasteiger partial charge in [0.05, 0.1) is 41.6 Å². The van der Waals surface area contributed by atoms with Crippen molar-refractivity contribution >= 4 is 0 Å². The predicted octanol–water partition coefficient (Wildman–Crippen LogP) is 5.10. The first-order chi connectivity index (χ1) is 16.8. The van der Waals surface area contributed by atoms with Gasteiger partial charge in [-0.05, 0) is 61.2 Å².